The zero-order valence-corrected chi connectivity index (χ0v) is 18.5. The number of rotatable bonds is 7. The molecule has 3 rings (SSSR count). The first kappa shape index (κ1) is 21.8. The molecule has 0 aliphatic carbocycles. The van der Waals surface area contributed by atoms with Gasteiger partial charge in [-0.3, -0.25) is 4.79 Å². The van der Waals surface area contributed by atoms with Crippen LogP contribution in [0, 0.1) is 20.8 Å². The number of aryl methyl sites for hydroxylation is 4. The minimum atomic E-state index is -3.65. The molecule has 0 spiro atoms. The summed E-state index contributed by atoms with van der Waals surface area (Å²) in [5, 5.41) is 6.73. The van der Waals surface area contributed by atoms with Gasteiger partial charge < -0.3 is 9.84 Å². The summed E-state index contributed by atoms with van der Waals surface area (Å²) in [7, 11) is -3.65. The lowest BCUT2D eigenvalue weighted by Crippen LogP contribution is -2.19. The molecule has 158 valence electrons. The summed E-state index contributed by atoms with van der Waals surface area (Å²) in [5.41, 5.74) is 4.73. The topological polar surface area (TPSA) is 89.3 Å². The first-order chi connectivity index (χ1) is 14.2. The number of sulfone groups is 1. The number of nitrogens with zero attached hydrogens (tertiary/aromatic N) is 1. The first-order valence-electron chi connectivity index (χ1n) is 9.86. The lowest BCUT2D eigenvalue weighted by molar-refractivity contribution is -0.115. The quantitative estimate of drug-likeness (QED) is 0.595. The van der Waals surface area contributed by atoms with Crippen LogP contribution in [0.2, 0.25) is 0 Å². The van der Waals surface area contributed by atoms with E-state index >= 15 is 0 Å². The minimum Gasteiger partial charge on any atom is -0.356 e. The normalized spacial score (nSPS) is 11.5. The number of hydrogen-bond acceptors (Lipinski definition) is 5. The Labute approximate surface area is 177 Å². The molecule has 0 unspecified atom stereocenters. The SMILES string of the molecule is CCc1cccc(C)c1NC(=O)CCS(=O)(=O)c1cc(-c2cc(C)no2)ccc1C. The third-order valence-electron chi connectivity index (χ3n) is 5.04. The molecule has 1 aromatic heterocycles. The molecule has 1 heterocycles. The van der Waals surface area contributed by atoms with Gasteiger partial charge in [-0.05, 0) is 49.9 Å². The molecule has 7 heteroatoms. The highest BCUT2D eigenvalue weighted by Crippen LogP contribution is 2.27. The van der Waals surface area contributed by atoms with Gasteiger partial charge in [0.1, 0.15) is 0 Å². The Kier molecular flexibility index (Phi) is 6.41. The smallest absolute Gasteiger partial charge is 0.225 e. The zero-order chi connectivity index (χ0) is 21.9. The minimum absolute atomic E-state index is 0.120. The van der Waals surface area contributed by atoms with Gasteiger partial charge in [-0.2, -0.15) is 0 Å². The van der Waals surface area contributed by atoms with E-state index in [0.29, 0.717) is 22.6 Å². The van der Waals surface area contributed by atoms with Crippen LogP contribution in [0.4, 0.5) is 5.69 Å². The van der Waals surface area contributed by atoms with Gasteiger partial charge >= 0.3 is 0 Å². The number of carbonyl (C=O) groups is 1. The van der Waals surface area contributed by atoms with Crippen LogP contribution in [0.1, 0.15) is 35.7 Å². The summed E-state index contributed by atoms with van der Waals surface area (Å²) < 4.78 is 31.2. The van der Waals surface area contributed by atoms with Crippen LogP contribution in [0.15, 0.2) is 51.9 Å². The van der Waals surface area contributed by atoms with E-state index in [1.807, 2.05) is 32.0 Å². The predicted octanol–water partition coefficient (Wildman–Crippen LogP) is 4.63. The van der Waals surface area contributed by atoms with Gasteiger partial charge in [-0.25, -0.2) is 8.42 Å². The number of aromatic nitrogens is 1. The van der Waals surface area contributed by atoms with Crippen molar-refractivity contribution in [3.63, 3.8) is 0 Å². The molecule has 30 heavy (non-hydrogen) atoms. The molecule has 0 fully saturated rings. The summed E-state index contributed by atoms with van der Waals surface area (Å²) in [6.45, 7) is 7.48. The second-order valence-corrected chi connectivity index (χ2v) is 9.47. The fraction of sp³-hybridized carbons (Fsp3) is 0.304. The lowest BCUT2D eigenvalue weighted by Gasteiger charge is -2.13. The molecule has 0 atom stereocenters. The van der Waals surface area contributed by atoms with Crippen molar-refractivity contribution in [2.75, 3.05) is 11.1 Å². The van der Waals surface area contributed by atoms with Crippen molar-refractivity contribution in [2.45, 2.75) is 45.4 Å². The van der Waals surface area contributed by atoms with Crippen LogP contribution in [0.5, 0.6) is 0 Å². The molecule has 0 aliphatic heterocycles. The number of amides is 1. The number of carbonyl (C=O) groups excluding carboxylic acids is 1. The van der Waals surface area contributed by atoms with Gasteiger partial charge in [-0.15, -0.1) is 0 Å². The predicted molar refractivity (Wildman–Crippen MR) is 117 cm³/mol. The van der Waals surface area contributed by atoms with E-state index in [1.54, 1.807) is 38.1 Å². The molecular formula is C23H26N2O4S. The third-order valence-corrected chi connectivity index (χ3v) is 6.89. The first-order valence-corrected chi connectivity index (χ1v) is 11.5. The Morgan fingerprint density at radius 3 is 2.50 bits per heavy atom. The maximum atomic E-state index is 13.0. The highest BCUT2D eigenvalue weighted by Gasteiger charge is 2.21. The highest BCUT2D eigenvalue weighted by atomic mass is 32.2. The third kappa shape index (κ3) is 4.79. The zero-order valence-electron chi connectivity index (χ0n) is 17.7. The van der Waals surface area contributed by atoms with Gasteiger partial charge in [0.2, 0.25) is 5.91 Å². The average Bonchev–Trinajstić information content (AvgIpc) is 3.14. The molecule has 0 bridgehead atoms. The van der Waals surface area contributed by atoms with Crippen LogP contribution in [-0.4, -0.2) is 25.2 Å². The molecule has 0 saturated heterocycles. The van der Waals surface area contributed by atoms with Crippen molar-refractivity contribution in [3.8, 4) is 11.3 Å². The number of hydrogen-bond donors (Lipinski definition) is 1. The molecule has 0 radical (unpaired) electrons. The Hall–Kier alpha value is -2.93. The van der Waals surface area contributed by atoms with Gasteiger partial charge in [0.05, 0.1) is 16.3 Å². The van der Waals surface area contributed by atoms with Crippen molar-refractivity contribution in [2.24, 2.45) is 0 Å². The Balaban J connectivity index is 1.76. The van der Waals surface area contributed by atoms with E-state index in [2.05, 4.69) is 10.5 Å². The molecular weight excluding hydrogens is 400 g/mol. The lowest BCUT2D eigenvalue weighted by atomic mass is 10.1. The molecule has 2 aromatic carbocycles. The van der Waals surface area contributed by atoms with Gasteiger partial charge in [0.25, 0.3) is 0 Å². The molecule has 1 N–H and O–H groups in total. The van der Waals surface area contributed by atoms with Crippen LogP contribution in [0.3, 0.4) is 0 Å². The van der Waals surface area contributed by atoms with Crippen LogP contribution < -0.4 is 5.32 Å². The highest BCUT2D eigenvalue weighted by molar-refractivity contribution is 7.91. The van der Waals surface area contributed by atoms with Crippen molar-refractivity contribution in [1.82, 2.24) is 5.16 Å². The van der Waals surface area contributed by atoms with Gasteiger partial charge in [0.15, 0.2) is 15.6 Å². The number of para-hydroxylation sites is 1. The number of benzene rings is 2. The van der Waals surface area contributed by atoms with E-state index < -0.39 is 9.84 Å². The second-order valence-electron chi connectivity index (χ2n) is 7.39. The molecule has 6 nitrogen and oxygen atoms in total. The standard InChI is InChI=1S/C23H26N2O4S/c1-5-18-8-6-7-16(3)23(18)24-22(26)11-12-30(27,28)21-14-19(10-9-15(21)2)20-13-17(4)25-29-20/h6-10,13-14H,5,11-12H2,1-4H3,(H,24,26). The number of nitrogens with one attached hydrogen (secondary N) is 1. The summed E-state index contributed by atoms with van der Waals surface area (Å²) in [6.07, 6.45) is 0.660. The molecule has 0 aliphatic rings. The maximum absolute atomic E-state index is 13.0. The monoisotopic (exact) mass is 426 g/mol. The van der Waals surface area contributed by atoms with Crippen LogP contribution >= 0.6 is 0 Å². The van der Waals surface area contributed by atoms with Crippen molar-refractivity contribution >= 4 is 21.4 Å². The van der Waals surface area contributed by atoms with E-state index in [9.17, 15) is 13.2 Å². The van der Waals surface area contributed by atoms with Crippen LogP contribution in [-0.2, 0) is 21.1 Å². The largest absolute Gasteiger partial charge is 0.356 e. The summed E-state index contributed by atoms with van der Waals surface area (Å²) in [6, 6.07) is 12.7. The molecule has 0 saturated carbocycles. The van der Waals surface area contributed by atoms with Crippen molar-refractivity contribution < 1.29 is 17.7 Å². The maximum Gasteiger partial charge on any atom is 0.225 e. The van der Waals surface area contributed by atoms with E-state index in [4.69, 9.17) is 4.52 Å². The molecule has 1 amide bonds. The molecule has 3 aromatic rings. The second kappa shape index (κ2) is 8.83. The summed E-state index contributed by atoms with van der Waals surface area (Å²) in [5.74, 6) is -0.0816. The fourth-order valence-corrected chi connectivity index (χ4v) is 4.87. The average molecular weight is 427 g/mol. The van der Waals surface area contributed by atoms with E-state index in [1.165, 1.54) is 0 Å². The fourth-order valence-electron chi connectivity index (χ4n) is 3.33. The van der Waals surface area contributed by atoms with E-state index in [-0.39, 0.29) is 23.0 Å². The van der Waals surface area contributed by atoms with Gasteiger partial charge in [0, 0.05) is 23.7 Å². The van der Waals surface area contributed by atoms with E-state index in [0.717, 1.165) is 23.2 Å². The Morgan fingerprint density at radius 2 is 1.83 bits per heavy atom. The summed E-state index contributed by atoms with van der Waals surface area (Å²) >= 11 is 0. The van der Waals surface area contributed by atoms with Crippen LogP contribution in [0.25, 0.3) is 11.3 Å². The number of anilines is 1. The Bertz CT molecular complexity index is 1180. The van der Waals surface area contributed by atoms with Crippen molar-refractivity contribution in [3.05, 3.63) is 64.8 Å². The van der Waals surface area contributed by atoms with Crippen molar-refractivity contribution in [1.29, 1.82) is 0 Å². The Morgan fingerprint density at radius 1 is 1.07 bits per heavy atom. The van der Waals surface area contributed by atoms with Gasteiger partial charge in [-0.1, -0.05) is 42.4 Å². The summed E-state index contributed by atoms with van der Waals surface area (Å²) in [4.78, 5) is 12.7.